The normalized spacial score (nSPS) is 13.2. The van der Waals surface area contributed by atoms with Gasteiger partial charge in [-0.2, -0.15) is 0 Å². The molecule has 2 aromatic rings. The van der Waals surface area contributed by atoms with E-state index in [9.17, 15) is 14.4 Å². The zero-order valence-corrected chi connectivity index (χ0v) is 24.7. The van der Waals surface area contributed by atoms with Gasteiger partial charge in [-0.3, -0.25) is 9.59 Å². The molecule has 0 radical (unpaired) electrons. The number of terminal acetylenes is 1. The zero-order valence-electron chi connectivity index (χ0n) is 24.7. The standard InChI is InChI=1S/C32H43N3O5/c1-9-12-21-35(30(37)27(22(4)10-2)34-31(38)40-32(5,6)7)28(24-15-13-23(11-3)14-16-24)29(36)33-25-17-19-26(39-8)20-18-25/h3,13-20,22,27-28H,9-10,12,21H2,1-2,4-8H3,(H,33,36)(H,34,38). The second-order valence-corrected chi connectivity index (χ2v) is 10.8. The molecule has 0 saturated heterocycles. The number of hydrogen-bond acceptors (Lipinski definition) is 5. The van der Waals surface area contributed by atoms with Crippen molar-refractivity contribution in [3.05, 3.63) is 59.7 Å². The Balaban J connectivity index is 2.54. The van der Waals surface area contributed by atoms with Crippen molar-refractivity contribution in [3.8, 4) is 18.1 Å². The van der Waals surface area contributed by atoms with Gasteiger partial charge in [0.15, 0.2) is 0 Å². The Labute approximate surface area is 238 Å². The second-order valence-electron chi connectivity index (χ2n) is 10.8. The molecule has 0 heterocycles. The molecule has 3 amide bonds. The van der Waals surface area contributed by atoms with Crippen LogP contribution in [0.2, 0.25) is 0 Å². The molecule has 3 unspecified atom stereocenters. The summed E-state index contributed by atoms with van der Waals surface area (Å²) in [6, 6.07) is 12.1. The van der Waals surface area contributed by atoms with E-state index in [0.29, 0.717) is 42.0 Å². The van der Waals surface area contributed by atoms with Gasteiger partial charge in [-0.15, -0.1) is 6.42 Å². The van der Waals surface area contributed by atoms with Crippen molar-refractivity contribution >= 4 is 23.6 Å². The van der Waals surface area contributed by atoms with Crippen LogP contribution < -0.4 is 15.4 Å². The smallest absolute Gasteiger partial charge is 0.408 e. The average molecular weight is 550 g/mol. The number of ether oxygens (including phenoxy) is 2. The first kappa shape index (κ1) is 32.2. The van der Waals surface area contributed by atoms with Gasteiger partial charge >= 0.3 is 6.09 Å². The molecule has 0 aliphatic rings. The maximum absolute atomic E-state index is 14.3. The molecule has 2 aromatic carbocycles. The molecule has 3 atom stereocenters. The van der Waals surface area contributed by atoms with Gasteiger partial charge in [-0.05, 0) is 75.1 Å². The van der Waals surface area contributed by atoms with E-state index in [-0.39, 0.29) is 17.7 Å². The molecule has 0 aliphatic carbocycles. The number of carbonyl (C=O) groups is 3. The third-order valence-corrected chi connectivity index (χ3v) is 6.50. The highest BCUT2D eigenvalue weighted by molar-refractivity contribution is 5.99. The molecule has 0 aromatic heterocycles. The fourth-order valence-corrected chi connectivity index (χ4v) is 4.11. The first-order valence-corrected chi connectivity index (χ1v) is 13.8. The number of nitrogens with zero attached hydrogens (tertiary/aromatic N) is 1. The maximum atomic E-state index is 14.3. The lowest BCUT2D eigenvalue weighted by atomic mass is 9.95. The van der Waals surface area contributed by atoms with E-state index in [0.717, 1.165) is 6.42 Å². The molecule has 40 heavy (non-hydrogen) atoms. The van der Waals surface area contributed by atoms with Crippen LogP contribution in [0.1, 0.15) is 78.0 Å². The highest BCUT2D eigenvalue weighted by atomic mass is 16.6. The van der Waals surface area contributed by atoms with Gasteiger partial charge in [0, 0.05) is 17.8 Å². The van der Waals surface area contributed by atoms with Crippen molar-refractivity contribution in [3.63, 3.8) is 0 Å². The Morgan fingerprint density at radius 1 is 1.02 bits per heavy atom. The summed E-state index contributed by atoms with van der Waals surface area (Å²) in [7, 11) is 1.57. The second kappa shape index (κ2) is 15.0. The number of hydrogen-bond donors (Lipinski definition) is 2. The SMILES string of the molecule is C#Cc1ccc(C(C(=O)Nc2ccc(OC)cc2)N(CCCC)C(=O)C(NC(=O)OC(C)(C)C)C(C)CC)cc1. The highest BCUT2D eigenvalue weighted by Gasteiger charge is 2.38. The summed E-state index contributed by atoms with van der Waals surface area (Å²) in [6.45, 7) is 11.5. The molecule has 2 N–H and O–H groups in total. The lowest BCUT2D eigenvalue weighted by molar-refractivity contribution is -0.142. The molecule has 8 heteroatoms. The van der Waals surface area contributed by atoms with Gasteiger partial charge in [0.2, 0.25) is 5.91 Å². The van der Waals surface area contributed by atoms with E-state index in [2.05, 4.69) is 16.6 Å². The zero-order chi connectivity index (χ0) is 29.9. The third kappa shape index (κ3) is 9.33. The summed E-state index contributed by atoms with van der Waals surface area (Å²) in [6.07, 6.45) is 6.98. The van der Waals surface area contributed by atoms with Crippen LogP contribution in [0.25, 0.3) is 0 Å². The van der Waals surface area contributed by atoms with Crippen LogP contribution in [0.3, 0.4) is 0 Å². The fourth-order valence-electron chi connectivity index (χ4n) is 4.11. The number of amides is 3. The quantitative estimate of drug-likeness (QED) is 0.320. The molecule has 0 aliphatic heterocycles. The third-order valence-electron chi connectivity index (χ3n) is 6.50. The predicted molar refractivity (Wildman–Crippen MR) is 158 cm³/mol. The summed E-state index contributed by atoms with van der Waals surface area (Å²) >= 11 is 0. The largest absolute Gasteiger partial charge is 0.497 e. The number of methoxy groups -OCH3 is 1. The van der Waals surface area contributed by atoms with E-state index in [1.54, 1.807) is 81.3 Å². The summed E-state index contributed by atoms with van der Waals surface area (Å²) in [4.78, 5) is 42.5. The van der Waals surface area contributed by atoms with Crippen LogP contribution >= 0.6 is 0 Å². The van der Waals surface area contributed by atoms with Crippen LogP contribution in [0.5, 0.6) is 5.75 Å². The first-order valence-electron chi connectivity index (χ1n) is 13.8. The fraction of sp³-hybridized carbons (Fsp3) is 0.469. The van der Waals surface area contributed by atoms with Gasteiger partial charge in [-0.1, -0.05) is 51.7 Å². The summed E-state index contributed by atoms with van der Waals surface area (Å²) in [5.41, 5.74) is 1.10. The molecule has 0 saturated carbocycles. The molecule has 8 nitrogen and oxygen atoms in total. The minimum atomic E-state index is -0.972. The number of rotatable bonds is 12. The van der Waals surface area contributed by atoms with Gasteiger partial charge in [-0.25, -0.2) is 4.79 Å². The molecule has 2 rings (SSSR count). The summed E-state index contributed by atoms with van der Waals surface area (Å²) < 4.78 is 10.7. The van der Waals surface area contributed by atoms with Crippen molar-refractivity contribution in [2.45, 2.75) is 78.5 Å². The van der Waals surface area contributed by atoms with Gasteiger partial charge in [0.05, 0.1) is 7.11 Å². The Hall–Kier alpha value is -3.99. The van der Waals surface area contributed by atoms with Crippen LogP contribution in [0, 0.1) is 18.3 Å². The number of anilines is 1. The van der Waals surface area contributed by atoms with Crippen LogP contribution in [0.15, 0.2) is 48.5 Å². The van der Waals surface area contributed by atoms with Crippen LogP contribution in [0.4, 0.5) is 10.5 Å². The van der Waals surface area contributed by atoms with Crippen molar-refractivity contribution in [1.29, 1.82) is 0 Å². The van der Waals surface area contributed by atoms with Gasteiger partial charge in [0.1, 0.15) is 23.4 Å². The van der Waals surface area contributed by atoms with E-state index < -0.39 is 23.8 Å². The lowest BCUT2D eigenvalue weighted by Gasteiger charge is -2.36. The van der Waals surface area contributed by atoms with Crippen LogP contribution in [-0.4, -0.2) is 48.1 Å². The Bertz CT molecular complexity index is 1160. The predicted octanol–water partition coefficient (Wildman–Crippen LogP) is 5.92. The number of nitrogens with one attached hydrogen (secondary N) is 2. The highest BCUT2D eigenvalue weighted by Crippen LogP contribution is 2.27. The maximum Gasteiger partial charge on any atom is 0.408 e. The Morgan fingerprint density at radius 3 is 2.15 bits per heavy atom. The van der Waals surface area contributed by atoms with Gasteiger partial charge in [0.25, 0.3) is 5.91 Å². The average Bonchev–Trinajstić information content (AvgIpc) is 2.92. The molecular formula is C32H43N3O5. The first-order chi connectivity index (χ1) is 18.9. The molecule has 216 valence electrons. The van der Waals surface area contributed by atoms with Crippen molar-refractivity contribution in [1.82, 2.24) is 10.2 Å². The number of carbonyl (C=O) groups excluding carboxylic acids is 3. The molecule has 0 fully saturated rings. The summed E-state index contributed by atoms with van der Waals surface area (Å²) in [5, 5.41) is 5.73. The number of benzene rings is 2. The molecule has 0 spiro atoms. The Kier molecular flexibility index (Phi) is 12.1. The van der Waals surface area contributed by atoms with Crippen molar-refractivity contribution in [2.75, 3.05) is 19.0 Å². The summed E-state index contributed by atoms with van der Waals surface area (Å²) in [5.74, 6) is 2.29. The minimum absolute atomic E-state index is 0.210. The minimum Gasteiger partial charge on any atom is -0.497 e. The molecular weight excluding hydrogens is 506 g/mol. The van der Waals surface area contributed by atoms with Gasteiger partial charge < -0.3 is 25.0 Å². The van der Waals surface area contributed by atoms with E-state index in [1.165, 1.54) is 0 Å². The van der Waals surface area contributed by atoms with Crippen molar-refractivity contribution < 1.29 is 23.9 Å². The van der Waals surface area contributed by atoms with E-state index in [4.69, 9.17) is 15.9 Å². The van der Waals surface area contributed by atoms with Crippen molar-refractivity contribution in [2.24, 2.45) is 5.92 Å². The topological polar surface area (TPSA) is 97.0 Å². The monoisotopic (exact) mass is 549 g/mol. The molecule has 0 bridgehead atoms. The van der Waals surface area contributed by atoms with E-state index >= 15 is 0 Å². The van der Waals surface area contributed by atoms with E-state index in [1.807, 2.05) is 20.8 Å². The Morgan fingerprint density at radius 2 is 1.65 bits per heavy atom. The van der Waals surface area contributed by atoms with Crippen LogP contribution in [-0.2, 0) is 14.3 Å². The lowest BCUT2D eigenvalue weighted by Crippen LogP contribution is -2.55. The number of unbranched alkanes of at least 4 members (excludes halogenated alkanes) is 1. The number of alkyl carbamates (subject to hydrolysis) is 1.